The summed E-state index contributed by atoms with van der Waals surface area (Å²) in [7, 11) is 2.17. The first-order valence-electron chi connectivity index (χ1n) is 7.57. The van der Waals surface area contributed by atoms with E-state index < -0.39 is 0 Å². The Kier molecular flexibility index (Phi) is 5.98. The van der Waals surface area contributed by atoms with Crippen LogP contribution in [0.25, 0.3) is 0 Å². The van der Waals surface area contributed by atoms with Crippen molar-refractivity contribution in [1.82, 2.24) is 15.1 Å². The van der Waals surface area contributed by atoms with Crippen molar-refractivity contribution in [2.24, 2.45) is 0 Å². The maximum Gasteiger partial charge on any atom is 0.0791 e. The largest absolute Gasteiger partial charge is 0.390 e. The fourth-order valence-corrected chi connectivity index (χ4v) is 2.81. The third-order valence-electron chi connectivity index (χ3n) is 3.95. The number of rotatable bonds is 6. The number of piperazine rings is 1. The predicted molar refractivity (Wildman–Crippen MR) is 82.8 cm³/mol. The van der Waals surface area contributed by atoms with Crippen molar-refractivity contribution in [2.75, 3.05) is 46.3 Å². The van der Waals surface area contributed by atoms with Gasteiger partial charge in [0.15, 0.2) is 0 Å². The molecular weight excluding hydrogens is 250 g/mol. The lowest BCUT2D eigenvalue weighted by Crippen LogP contribution is -2.50. The van der Waals surface area contributed by atoms with E-state index in [9.17, 15) is 5.11 Å². The van der Waals surface area contributed by atoms with Gasteiger partial charge in [0, 0.05) is 38.8 Å². The van der Waals surface area contributed by atoms with Crippen LogP contribution in [0.15, 0.2) is 30.3 Å². The Bertz CT molecular complexity index is 385. The molecule has 1 aromatic rings. The molecule has 2 unspecified atom stereocenters. The molecule has 0 saturated carbocycles. The zero-order valence-corrected chi connectivity index (χ0v) is 12.6. The summed E-state index contributed by atoms with van der Waals surface area (Å²) in [5.74, 6) is 0. The number of β-amino-alcohol motifs (C(OH)–C–C–N with tert-alkyl or cyclic N) is 1. The summed E-state index contributed by atoms with van der Waals surface area (Å²) in [6, 6.07) is 11.0. The molecule has 0 bridgehead atoms. The molecule has 1 aliphatic heterocycles. The van der Waals surface area contributed by atoms with Gasteiger partial charge in [0.25, 0.3) is 0 Å². The van der Waals surface area contributed by atoms with Gasteiger partial charge in [0.1, 0.15) is 0 Å². The van der Waals surface area contributed by atoms with E-state index >= 15 is 0 Å². The summed E-state index contributed by atoms with van der Waals surface area (Å²) in [6.07, 6.45) is -0.301. The third-order valence-corrected chi connectivity index (χ3v) is 3.95. The van der Waals surface area contributed by atoms with E-state index in [1.165, 1.54) is 5.56 Å². The number of likely N-dealkylation sites (N-methyl/N-ethyl adjacent to an activating group) is 2. The number of aliphatic hydroxyl groups is 1. The van der Waals surface area contributed by atoms with E-state index in [2.05, 4.69) is 59.4 Å². The van der Waals surface area contributed by atoms with Gasteiger partial charge in [-0.2, -0.15) is 0 Å². The number of hydrogen-bond acceptors (Lipinski definition) is 4. The van der Waals surface area contributed by atoms with E-state index in [0.29, 0.717) is 12.6 Å². The standard InChI is InChI=1S/C16H27N3O/c1-3-17-11-15(20)12-19-10-9-18(2)13-16(19)14-7-5-4-6-8-14/h4-8,15-17,20H,3,9-13H2,1-2H3. The lowest BCUT2D eigenvalue weighted by Gasteiger charge is -2.41. The van der Waals surface area contributed by atoms with E-state index in [1.807, 2.05) is 0 Å². The minimum atomic E-state index is -0.301. The predicted octanol–water partition coefficient (Wildman–Crippen LogP) is 0.946. The van der Waals surface area contributed by atoms with Crippen LogP contribution in [0.4, 0.5) is 0 Å². The van der Waals surface area contributed by atoms with Gasteiger partial charge in [-0.15, -0.1) is 0 Å². The number of nitrogens with one attached hydrogen (secondary N) is 1. The summed E-state index contributed by atoms with van der Waals surface area (Å²) in [6.45, 7) is 7.48. The van der Waals surface area contributed by atoms with Crippen molar-refractivity contribution >= 4 is 0 Å². The van der Waals surface area contributed by atoms with E-state index in [0.717, 1.165) is 32.7 Å². The Hall–Kier alpha value is -0.940. The van der Waals surface area contributed by atoms with E-state index in [-0.39, 0.29) is 6.10 Å². The monoisotopic (exact) mass is 277 g/mol. The number of hydrogen-bond donors (Lipinski definition) is 2. The van der Waals surface area contributed by atoms with Crippen molar-refractivity contribution in [3.8, 4) is 0 Å². The molecule has 1 fully saturated rings. The van der Waals surface area contributed by atoms with Gasteiger partial charge in [-0.05, 0) is 19.2 Å². The molecule has 0 aliphatic carbocycles. The fourth-order valence-electron chi connectivity index (χ4n) is 2.81. The molecule has 0 radical (unpaired) electrons. The lowest BCUT2D eigenvalue weighted by molar-refractivity contribution is 0.0408. The molecule has 1 heterocycles. The summed E-state index contributed by atoms with van der Waals surface area (Å²) in [5.41, 5.74) is 1.34. The van der Waals surface area contributed by atoms with Crippen LogP contribution in [0.5, 0.6) is 0 Å². The van der Waals surface area contributed by atoms with Crippen molar-refractivity contribution in [3.05, 3.63) is 35.9 Å². The minimum Gasteiger partial charge on any atom is -0.390 e. The third kappa shape index (κ3) is 4.28. The van der Waals surface area contributed by atoms with Crippen LogP contribution in [-0.4, -0.2) is 67.3 Å². The molecule has 0 spiro atoms. The SMILES string of the molecule is CCNCC(O)CN1CCN(C)CC1c1ccccc1. The average molecular weight is 277 g/mol. The maximum absolute atomic E-state index is 10.1. The molecule has 112 valence electrons. The Morgan fingerprint density at radius 1 is 1.30 bits per heavy atom. The van der Waals surface area contributed by atoms with Gasteiger partial charge >= 0.3 is 0 Å². The van der Waals surface area contributed by atoms with Gasteiger partial charge in [-0.1, -0.05) is 37.3 Å². The summed E-state index contributed by atoms with van der Waals surface area (Å²) < 4.78 is 0. The molecule has 2 N–H and O–H groups in total. The quantitative estimate of drug-likeness (QED) is 0.812. The molecule has 2 atom stereocenters. The smallest absolute Gasteiger partial charge is 0.0791 e. The molecule has 1 aromatic carbocycles. The first-order valence-corrected chi connectivity index (χ1v) is 7.57. The zero-order valence-electron chi connectivity index (χ0n) is 12.6. The number of nitrogens with zero attached hydrogens (tertiary/aromatic N) is 2. The summed E-state index contributed by atoms with van der Waals surface area (Å²) >= 11 is 0. The van der Waals surface area contributed by atoms with Crippen molar-refractivity contribution in [3.63, 3.8) is 0 Å². The highest BCUT2D eigenvalue weighted by Crippen LogP contribution is 2.24. The molecule has 4 nitrogen and oxygen atoms in total. The van der Waals surface area contributed by atoms with Crippen molar-refractivity contribution in [1.29, 1.82) is 0 Å². The van der Waals surface area contributed by atoms with Crippen molar-refractivity contribution in [2.45, 2.75) is 19.1 Å². The first kappa shape index (κ1) is 15.4. The molecule has 0 aromatic heterocycles. The van der Waals surface area contributed by atoms with Gasteiger partial charge in [0.05, 0.1) is 6.10 Å². The average Bonchev–Trinajstić information content (AvgIpc) is 2.48. The fraction of sp³-hybridized carbons (Fsp3) is 0.625. The first-order chi connectivity index (χ1) is 9.70. The van der Waals surface area contributed by atoms with Crippen LogP contribution in [0.3, 0.4) is 0 Å². The second-order valence-corrected chi connectivity index (χ2v) is 5.65. The van der Waals surface area contributed by atoms with Crippen molar-refractivity contribution < 1.29 is 5.11 Å². The van der Waals surface area contributed by atoms with Crippen LogP contribution < -0.4 is 5.32 Å². The normalized spacial score (nSPS) is 22.9. The van der Waals surface area contributed by atoms with Gasteiger partial charge < -0.3 is 15.3 Å². The Morgan fingerprint density at radius 3 is 2.75 bits per heavy atom. The second kappa shape index (κ2) is 7.74. The van der Waals surface area contributed by atoms with E-state index in [1.54, 1.807) is 0 Å². The highest BCUT2D eigenvalue weighted by atomic mass is 16.3. The van der Waals surface area contributed by atoms with Crippen LogP contribution in [0, 0.1) is 0 Å². The van der Waals surface area contributed by atoms with Crippen LogP contribution in [0.2, 0.25) is 0 Å². The molecule has 4 heteroatoms. The van der Waals surface area contributed by atoms with Crippen LogP contribution in [-0.2, 0) is 0 Å². The second-order valence-electron chi connectivity index (χ2n) is 5.65. The van der Waals surface area contributed by atoms with Gasteiger partial charge in [0.2, 0.25) is 0 Å². The Labute approximate surface area is 122 Å². The Balaban J connectivity index is 2.01. The Morgan fingerprint density at radius 2 is 2.05 bits per heavy atom. The van der Waals surface area contributed by atoms with Crippen LogP contribution in [0.1, 0.15) is 18.5 Å². The summed E-state index contributed by atoms with van der Waals surface area (Å²) in [5, 5.41) is 13.4. The number of aliphatic hydroxyl groups excluding tert-OH is 1. The maximum atomic E-state index is 10.1. The molecule has 1 aliphatic rings. The lowest BCUT2D eigenvalue weighted by atomic mass is 10.0. The summed E-state index contributed by atoms with van der Waals surface area (Å²) in [4.78, 5) is 4.78. The van der Waals surface area contributed by atoms with Gasteiger partial charge in [-0.3, -0.25) is 4.90 Å². The molecule has 2 rings (SSSR count). The molecule has 20 heavy (non-hydrogen) atoms. The van der Waals surface area contributed by atoms with Crippen LogP contribution >= 0.6 is 0 Å². The topological polar surface area (TPSA) is 38.7 Å². The van der Waals surface area contributed by atoms with E-state index in [4.69, 9.17) is 0 Å². The zero-order chi connectivity index (χ0) is 14.4. The van der Waals surface area contributed by atoms with Gasteiger partial charge in [-0.25, -0.2) is 0 Å². The highest BCUT2D eigenvalue weighted by Gasteiger charge is 2.27. The highest BCUT2D eigenvalue weighted by molar-refractivity contribution is 5.20. The molecule has 1 saturated heterocycles. The molecule has 0 amide bonds. The molecular formula is C16H27N3O. The number of benzene rings is 1. The minimum absolute atomic E-state index is 0.301.